The zero-order chi connectivity index (χ0) is 11.5. The van der Waals surface area contributed by atoms with Gasteiger partial charge in [-0.15, -0.1) is 0 Å². The Morgan fingerprint density at radius 1 is 1.00 bits per heavy atom. The summed E-state index contributed by atoms with van der Waals surface area (Å²) in [6.45, 7) is 0. The minimum atomic E-state index is -0.521. The second-order valence-electron chi connectivity index (χ2n) is 5.62. The van der Waals surface area contributed by atoms with Crippen LogP contribution in [-0.2, 0) is 0 Å². The molecule has 1 aliphatic carbocycles. The summed E-state index contributed by atoms with van der Waals surface area (Å²) in [6.07, 6.45) is 7.32. The number of hydrogen-bond donors (Lipinski definition) is 0. The molecule has 1 heterocycles. The Morgan fingerprint density at radius 2 is 1.71 bits per heavy atom. The van der Waals surface area contributed by atoms with Crippen LogP contribution in [0.2, 0.25) is 11.3 Å². The summed E-state index contributed by atoms with van der Waals surface area (Å²) in [7, 11) is -0.126. The zero-order valence-electron chi connectivity index (χ0n) is 10.6. The van der Waals surface area contributed by atoms with Crippen molar-refractivity contribution in [2.45, 2.75) is 49.5 Å². The van der Waals surface area contributed by atoms with Gasteiger partial charge in [0.2, 0.25) is 0 Å². The molecule has 1 aromatic carbocycles. The zero-order valence-corrected chi connectivity index (χ0v) is 13.2. The summed E-state index contributed by atoms with van der Waals surface area (Å²) in [5.41, 5.74) is 4.92. The number of nitrogens with zero attached hydrogens (tertiary/aromatic N) is 1. The molecule has 0 atom stereocenters. The Bertz CT molecular complexity index is 344. The lowest BCUT2D eigenvalue weighted by molar-refractivity contribution is 0.441. The minimum Gasteiger partial charge on any atom is -0.398 e. The molecule has 1 saturated heterocycles. The number of anilines is 1. The first-order valence-corrected chi connectivity index (χ1v) is 11.4. The fraction of sp³-hybridized carbons (Fsp3) is 0.571. The molecule has 0 N–H and O–H groups in total. The van der Waals surface area contributed by atoms with E-state index in [-0.39, 0.29) is 0 Å². The number of para-hydroxylation sites is 1. The third-order valence-corrected chi connectivity index (χ3v) is 14.6. The van der Waals surface area contributed by atoms with Gasteiger partial charge in [-0.3, -0.25) is 0 Å². The van der Waals surface area contributed by atoms with Crippen molar-refractivity contribution < 1.29 is 0 Å². The first kappa shape index (κ1) is 11.5. The first-order valence-electron chi connectivity index (χ1n) is 7.28. The molecule has 0 radical (unpaired) electrons. The molecule has 0 bridgehead atoms. The topological polar surface area (TPSA) is 3.24 Å². The predicted molar refractivity (Wildman–Crippen MR) is 81.1 cm³/mol. The summed E-state index contributed by atoms with van der Waals surface area (Å²) in [5.74, 6) is 0. The highest BCUT2D eigenvalue weighted by atomic mass is 28.4. The van der Waals surface area contributed by atoms with Crippen molar-refractivity contribution in [3.63, 3.8) is 0 Å². The molecule has 17 heavy (non-hydrogen) atoms. The summed E-state index contributed by atoms with van der Waals surface area (Å²) < 4.78 is 2.93. The fourth-order valence-corrected chi connectivity index (χ4v) is 10.2. The Balaban J connectivity index is 1.80. The van der Waals surface area contributed by atoms with Crippen LogP contribution in [0.3, 0.4) is 0 Å². The molecule has 1 saturated carbocycles. The Morgan fingerprint density at radius 3 is 2.29 bits per heavy atom. The summed E-state index contributed by atoms with van der Waals surface area (Å²) in [5, 5.41) is 0. The van der Waals surface area contributed by atoms with Gasteiger partial charge in [-0.2, -0.15) is 0 Å². The maximum absolute atomic E-state index is 2.93. The van der Waals surface area contributed by atoms with Crippen LogP contribution in [0.25, 0.3) is 0 Å². The normalized spacial score (nSPS) is 26.7. The van der Waals surface area contributed by atoms with Gasteiger partial charge in [-0.1, -0.05) is 48.8 Å². The van der Waals surface area contributed by atoms with E-state index in [0.717, 1.165) is 6.04 Å². The SMILES string of the molecule is c1ccc(N(C2CCCCC2)[SiH]2C[SiH2]C2)cc1. The van der Waals surface area contributed by atoms with Crippen LogP contribution in [0.1, 0.15) is 32.1 Å². The van der Waals surface area contributed by atoms with Crippen molar-refractivity contribution in [1.29, 1.82) is 0 Å². The van der Waals surface area contributed by atoms with E-state index >= 15 is 0 Å². The minimum absolute atomic E-state index is 0.394. The van der Waals surface area contributed by atoms with Gasteiger partial charge >= 0.3 is 0 Å². The molecule has 0 unspecified atom stereocenters. The van der Waals surface area contributed by atoms with E-state index in [1.165, 1.54) is 32.1 Å². The van der Waals surface area contributed by atoms with Crippen molar-refractivity contribution >= 4 is 24.2 Å². The van der Waals surface area contributed by atoms with Gasteiger partial charge in [0.25, 0.3) is 0 Å². The van der Waals surface area contributed by atoms with E-state index in [2.05, 4.69) is 34.9 Å². The molecule has 2 aliphatic rings. The molecule has 1 aliphatic heterocycles. The lowest BCUT2D eigenvalue weighted by atomic mass is 9.95. The largest absolute Gasteiger partial charge is 0.398 e. The van der Waals surface area contributed by atoms with Gasteiger partial charge in [0.15, 0.2) is 0 Å². The molecular formula is C14H23NSi2. The Kier molecular flexibility index (Phi) is 3.66. The molecule has 0 amide bonds. The smallest absolute Gasteiger partial charge is 0.134 e. The molecule has 0 aromatic heterocycles. The predicted octanol–water partition coefficient (Wildman–Crippen LogP) is 2.65. The van der Waals surface area contributed by atoms with Crippen LogP contribution in [0, 0.1) is 0 Å². The molecule has 1 nitrogen and oxygen atoms in total. The molecule has 92 valence electrons. The molecule has 0 spiro atoms. The average Bonchev–Trinajstić information content (AvgIpc) is 2.36. The van der Waals surface area contributed by atoms with Crippen LogP contribution in [-0.4, -0.2) is 24.5 Å². The standard InChI is InChI=1S/C14H23NSi2/c1-3-7-13(8-4-1)15(17-11-16-12-17)14-9-5-2-6-10-14/h1,3-4,7-8,14,17H,2,5-6,9-12,16H2. The molecule has 3 heteroatoms. The maximum atomic E-state index is 2.93. The first-order chi connectivity index (χ1) is 8.45. The monoisotopic (exact) mass is 261 g/mol. The van der Waals surface area contributed by atoms with Crippen molar-refractivity contribution in [3.05, 3.63) is 30.3 Å². The second-order valence-corrected chi connectivity index (χ2v) is 12.8. The van der Waals surface area contributed by atoms with Crippen molar-refractivity contribution in [2.75, 3.05) is 4.57 Å². The summed E-state index contributed by atoms with van der Waals surface area (Å²) >= 11 is 0. The van der Waals surface area contributed by atoms with Crippen LogP contribution < -0.4 is 4.57 Å². The van der Waals surface area contributed by atoms with Crippen LogP contribution in [0.15, 0.2) is 30.3 Å². The van der Waals surface area contributed by atoms with E-state index in [1.807, 2.05) is 0 Å². The van der Waals surface area contributed by atoms with E-state index in [0.29, 0.717) is 9.52 Å². The molecular weight excluding hydrogens is 238 g/mol. The highest BCUT2D eigenvalue weighted by molar-refractivity contribution is 6.88. The van der Waals surface area contributed by atoms with Gasteiger partial charge in [0.1, 0.15) is 8.96 Å². The van der Waals surface area contributed by atoms with Crippen molar-refractivity contribution in [2.24, 2.45) is 0 Å². The second kappa shape index (κ2) is 5.40. The summed E-state index contributed by atoms with van der Waals surface area (Å²) in [6, 6.07) is 12.2. The van der Waals surface area contributed by atoms with Crippen molar-refractivity contribution in [3.8, 4) is 0 Å². The van der Waals surface area contributed by atoms with Crippen LogP contribution in [0.4, 0.5) is 5.69 Å². The number of hydrogen-bond acceptors (Lipinski definition) is 1. The van der Waals surface area contributed by atoms with E-state index in [1.54, 1.807) is 17.0 Å². The van der Waals surface area contributed by atoms with Gasteiger partial charge in [0, 0.05) is 21.2 Å². The number of rotatable bonds is 3. The molecule has 1 aromatic rings. The summed E-state index contributed by atoms with van der Waals surface area (Å²) in [4.78, 5) is 0. The van der Waals surface area contributed by atoms with Gasteiger partial charge in [-0.25, -0.2) is 0 Å². The van der Waals surface area contributed by atoms with Gasteiger partial charge in [0.05, 0.1) is 0 Å². The average molecular weight is 262 g/mol. The lowest BCUT2D eigenvalue weighted by Gasteiger charge is -2.45. The maximum Gasteiger partial charge on any atom is 0.134 e. The lowest BCUT2D eigenvalue weighted by Crippen LogP contribution is -2.53. The van der Waals surface area contributed by atoms with Crippen LogP contribution >= 0.6 is 0 Å². The van der Waals surface area contributed by atoms with Gasteiger partial charge in [-0.05, 0) is 25.0 Å². The fourth-order valence-electron chi connectivity index (χ4n) is 3.34. The highest BCUT2D eigenvalue weighted by Crippen LogP contribution is 2.32. The highest BCUT2D eigenvalue weighted by Gasteiger charge is 2.32. The van der Waals surface area contributed by atoms with Gasteiger partial charge < -0.3 is 4.57 Å². The molecule has 3 rings (SSSR count). The number of benzene rings is 1. The third-order valence-electron chi connectivity index (χ3n) is 4.49. The van der Waals surface area contributed by atoms with E-state index < -0.39 is 8.96 Å². The molecule has 2 fully saturated rings. The Labute approximate surface area is 109 Å². The van der Waals surface area contributed by atoms with Crippen LogP contribution in [0.5, 0.6) is 0 Å². The third kappa shape index (κ3) is 2.50. The van der Waals surface area contributed by atoms with E-state index in [4.69, 9.17) is 0 Å². The van der Waals surface area contributed by atoms with E-state index in [9.17, 15) is 0 Å². The van der Waals surface area contributed by atoms with Crippen molar-refractivity contribution in [1.82, 2.24) is 0 Å². The quantitative estimate of drug-likeness (QED) is 0.756. The Hall–Kier alpha value is -0.546.